The Morgan fingerprint density at radius 2 is 2.00 bits per heavy atom. The highest BCUT2D eigenvalue weighted by Gasteiger charge is 2.43. The molecule has 2 heteroatoms. The second-order valence-electron chi connectivity index (χ2n) is 4.23. The van der Waals surface area contributed by atoms with Gasteiger partial charge >= 0.3 is 0 Å². The Labute approximate surface area is 70.9 Å². The summed E-state index contributed by atoms with van der Waals surface area (Å²) >= 11 is 0. The molecule has 11 heavy (non-hydrogen) atoms. The van der Waals surface area contributed by atoms with Crippen LogP contribution in [0.15, 0.2) is 0 Å². The zero-order valence-electron chi connectivity index (χ0n) is 7.92. The minimum atomic E-state index is 0.237. The van der Waals surface area contributed by atoms with Gasteiger partial charge in [0.2, 0.25) is 0 Å². The van der Waals surface area contributed by atoms with Crippen molar-refractivity contribution in [3.8, 4) is 0 Å². The van der Waals surface area contributed by atoms with Gasteiger partial charge in [0.15, 0.2) is 0 Å². The predicted molar refractivity (Wildman–Crippen MR) is 47.9 cm³/mol. The van der Waals surface area contributed by atoms with Crippen LogP contribution in [-0.4, -0.2) is 21.1 Å². The standard InChI is InChI=1S/C9H17BO/c1-6-7(11-4)5-8(10)9(6,2)3/h6-8H,5H2,1-4H3. The number of methoxy groups -OCH3 is 1. The minimum absolute atomic E-state index is 0.237. The van der Waals surface area contributed by atoms with Crippen molar-refractivity contribution in [2.24, 2.45) is 11.3 Å². The lowest BCUT2D eigenvalue weighted by Gasteiger charge is -2.29. The third kappa shape index (κ3) is 1.33. The first-order chi connectivity index (χ1) is 5.00. The molecule has 1 rings (SSSR count). The molecule has 1 nitrogen and oxygen atoms in total. The Morgan fingerprint density at radius 1 is 1.45 bits per heavy atom. The molecule has 0 spiro atoms. The largest absolute Gasteiger partial charge is 0.381 e. The van der Waals surface area contributed by atoms with Crippen LogP contribution in [0.2, 0.25) is 5.82 Å². The maximum atomic E-state index is 5.99. The smallest absolute Gasteiger partial charge is 0.0708 e. The molecule has 62 valence electrons. The van der Waals surface area contributed by atoms with E-state index in [1.165, 1.54) is 0 Å². The fourth-order valence-corrected chi connectivity index (χ4v) is 1.88. The first kappa shape index (κ1) is 9.12. The SMILES string of the molecule is [B]C1CC(OC)C(C)C1(C)C. The Kier molecular flexibility index (Phi) is 2.33. The molecule has 0 bridgehead atoms. The van der Waals surface area contributed by atoms with E-state index in [0.29, 0.717) is 17.8 Å². The van der Waals surface area contributed by atoms with E-state index in [4.69, 9.17) is 12.6 Å². The maximum Gasteiger partial charge on any atom is 0.0708 e. The molecule has 1 aliphatic rings. The van der Waals surface area contributed by atoms with E-state index in [9.17, 15) is 0 Å². The lowest BCUT2D eigenvalue weighted by Crippen LogP contribution is -2.24. The topological polar surface area (TPSA) is 9.23 Å². The highest BCUT2D eigenvalue weighted by Crippen LogP contribution is 2.50. The van der Waals surface area contributed by atoms with Crippen LogP contribution in [-0.2, 0) is 4.74 Å². The summed E-state index contributed by atoms with van der Waals surface area (Å²) in [7, 11) is 7.76. The summed E-state index contributed by atoms with van der Waals surface area (Å²) in [6, 6.07) is 0. The molecule has 0 heterocycles. The molecule has 0 aromatic heterocycles. The van der Waals surface area contributed by atoms with Crippen LogP contribution in [0.25, 0.3) is 0 Å². The van der Waals surface area contributed by atoms with Crippen molar-refractivity contribution in [1.29, 1.82) is 0 Å². The van der Waals surface area contributed by atoms with Crippen LogP contribution in [0.1, 0.15) is 27.2 Å². The van der Waals surface area contributed by atoms with Crippen molar-refractivity contribution in [3.05, 3.63) is 0 Å². The number of hydrogen-bond acceptors (Lipinski definition) is 1. The molecular weight excluding hydrogens is 135 g/mol. The van der Waals surface area contributed by atoms with Crippen LogP contribution in [0.3, 0.4) is 0 Å². The first-order valence-corrected chi connectivity index (χ1v) is 4.28. The Balaban J connectivity index is 2.71. The highest BCUT2D eigenvalue weighted by atomic mass is 16.5. The molecule has 0 saturated heterocycles. The third-order valence-corrected chi connectivity index (χ3v) is 3.48. The van der Waals surface area contributed by atoms with E-state index >= 15 is 0 Å². The van der Waals surface area contributed by atoms with Gasteiger partial charge in [0.1, 0.15) is 0 Å². The second kappa shape index (κ2) is 2.82. The lowest BCUT2D eigenvalue weighted by atomic mass is 9.67. The molecule has 0 aliphatic heterocycles. The van der Waals surface area contributed by atoms with Crippen LogP contribution < -0.4 is 0 Å². The van der Waals surface area contributed by atoms with Crippen molar-refractivity contribution in [2.75, 3.05) is 7.11 Å². The van der Waals surface area contributed by atoms with Crippen molar-refractivity contribution in [1.82, 2.24) is 0 Å². The average Bonchev–Trinajstić information content (AvgIpc) is 2.14. The van der Waals surface area contributed by atoms with Gasteiger partial charge in [-0.1, -0.05) is 26.6 Å². The molecule has 0 amide bonds. The zero-order valence-corrected chi connectivity index (χ0v) is 7.92. The van der Waals surface area contributed by atoms with E-state index in [-0.39, 0.29) is 5.41 Å². The summed E-state index contributed by atoms with van der Waals surface area (Å²) in [6.07, 6.45) is 1.37. The van der Waals surface area contributed by atoms with Crippen LogP contribution in [0.4, 0.5) is 0 Å². The van der Waals surface area contributed by atoms with Gasteiger partial charge in [-0.3, -0.25) is 0 Å². The van der Waals surface area contributed by atoms with Gasteiger partial charge in [-0.05, 0) is 17.8 Å². The van der Waals surface area contributed by atoms with Crippen molar-refractivity contribution >= 4 is 7.85 Å². The molecule has 2 radical (unpaired) electrons. The Morgan fingerprint density at radius 3 is 2.18 bits per heavy atom. The van der Waals surface area contributed by atoms with E-state index < -0.39 is 0 Å². The van der Waals surface area contributed by atoms with Gasteiger partial charge in [-0.25, -0.2) is 0 Å². The van der Waals surface area contributed by atoms with Gasteiger partial charge in [0.25, 0.3) is 0 Å². The molecule has 1 fully saturated rings. The monoisotopic (exact) mass is 152 g/mol. The summed E-state index contributed by atoms with van der Waals surface area (Å²) in [4.78, 5) is 0. The number of ether oxygens (including phenoxy) is 1. The Bertz CT molecular complexity index is 144. The average molecular weight is 152 g/mol. The second-order valence-corrected chi connectivity index (χ2v) is 4.23. The summed E-state index contributed by atoms with van der Waals surface area (Å²) in [5, 5.41) is 0. The molecule has 0 aromatic rings. The van der Waals surface area contributed by atoms with Crippen LogP contribution in [0, 0.1) is 11.3 Å². The van der Waals surface area contributed by atoms with Gasteiger partial charge in [-0.2, -0.15) is 0 Å². The van der Waals surface area contributed by atoms with E-state index in [2.05, 4.69) is 20.8 Å². The molecule has 1 aliphatic carbocycles. The summed E-state index contributed by atoms with van der Waals surface area (Å²) < 4.78 is 5.35. The third-order valence-electron chi connectivity index (χ3n) is 3.48. The fourth-order valence-electron chi connectivity index (χ4n) is 1.88. The van der Waals surface area contributed by atoms with Crippen molar-refractivity contribution in [2.45, 2.75) is 39.1 Å². The maximum absolute atomic E-state index is 5.99. The van der Waals surface area contributed by atoms with Crippen LogP contribution >= 0.6 is 0 Å². The number of hydrogen-bond donors (Lipinski definition) is 0. The van der Waals surface area contributed by atoms with E-state index in [1.54, 1.807) is 7.11 Å². The summed E-state index contributed by atoms with van der Waals surface area (Å²) in [6.45, 7) is 6.67. The molecule has 3 atom stereocenters. The fraction of sp³-hybridized carbons (Fsp3) is 1.00. The minimum Gasteiger partial charge on any atom is -0.381 e. The van der Waals surface area contributed by atoms with Crippen molar-refractivity contribution < 1.29 is 4.74 Å². The molecule has 1 saturated carbocycles. The van der Waals surface area contributed by atoms with E-state index in [0.717, 1.165) is 6.42 Å². The summed E-state index contributed by atoms with van der Waals surface area (Å²) in [5.74, 6) is 0.866. The molecule has 0 N–H and O–H groups in total. The number of rotatable bonds is 1. The molecule has 3 unspecified atom stereocenters. The van der Waals surface area contributed by atoms with Crippen LogP contribution in [0.5, 0.6) is 0 Å². The first-order valence-electron chi connectivity index (χ1n) is 4.28. The van der Waals surface area contributed by atoms with E-state index in [1.807, 2.05) is 0 Å². The predicted octanol–water partition coefficient (Wildman–Crippen LogP) is 2.02. The lowest BCUT2D eigenvalue weighted by molar-refractivity contribution is 0.0546. The summed E-state index contributed by atoms with van der Waals surface area (Å²) in [5.41, 5.74) is 0.237. The Hall–Kier alpha value is 0.0249. The van der Waals surface area contributed by atoms with Gasteiger partial charge in [0.05, 0.1) is 14.0 Å². The van der Waals surface area contributed by atoms with Gasteiger partial charge in [-0.15, -0.1) is 0 Å². The van der Waals surface area contributed by atoms with Crippen molar-refractivity contribution in [3.63, 3.8) is 0 Å². The van der Waals surface area contributed by atoms with Gasteiger partial charge in [0, 0.05) is 7.11 Å². The molecular formula is C9H17BO. The zero-order chi connectivity index (χ0) is 8.65. The quantitative estimate of drug-likeness (QED) is 0.522. The molecule has 0 aromatic carbocycles. The van der Waals surface area contributed by atoms with Gasteiger partial charge < -0.3 is 4.74 Å². The normalized spacial score (nSPS) is 42.7. The highest BCUT2D eigenvalue weighted by molar-refractivity contribution is 6.12.